The van der Waals surface area contributed by atoms with Gasteiger partial charge in [-0.05, 0) is 12.8 Å². The number of carbonyl (C=O) groups is 2. The Kier molecular flexibility index (Phi) is 2.54. The quantitative estimate of drug-likeness (QED) is 0.697. The van der Waals surface area contributed by atoms with E-state index < -0.39 is 12.0 Å². The Balaban J connectivity index is 1.93. The summed E-state index contributed by atoms with van der Waals surface area (Å²) in [7, 11) is 0. The van der Waals surface area contributed by atoms with Gasteiger partial charge < -0.3 is 15.3 Å². The third-order valence-corrected chi connectivity index (χ3v) is 3.35. The van der Waals surface area contributed by atoms with Crippen LogP contribution in [-0.4, -0.2) is 45.7 Å². The summed E-state index contributed by atoms with van der Waals surface area (Å²) in [6, 6.07) is -0.605. The molecule has 2 N–H and O–H groups in total. The minimum Gasteiger partial charge on any atom is -0.480 e. The molecule has 1 aliphatic heterocycles. The van der Waals surface area contributed by atoms with Crippen LogP contribution in [0.5, 0.6) is 0 Å². The van der Waals surface area contributed by atoms with E-state index in [9.17, 15) is 9.59 Å². The van der Waals surface area contributed by atoms with Gasteiger partial charge in [0.25, 0.3) is 0 Å². The van der Waals surface area contributed by atoms with Crippen molar-refractivity contribution in [2.75, 3.05) is 11.6 Å². The fourth-order valence-electron chi connectivity index (χ4n) is 1.33. The van der Waals surface area contributed by atoms with E-state index in [4.69, 9.17) is 5.11 Å². The van der Waals surface area contributed by atoms with E-state index in [-0.39, 0.29) is 12.1 Å². The van der Waals surface area contributed by atoms with Crippen molar-refractivity contribution in [2.24, 2.45) is 0 Å². The van der Waals surface area contributed by atoms with E-state index in [2.05, 4.69) is 5.32 Å². The minimum atomic E-state index is -0.916. The fraction of sp³-hybridized carbons (Fsp3) is 0.750. The van der Waals surface area contributed by atoms with Crippen molar-refractivity contribution in [1.29, 1.82) is 0 Å². The molecule has 0 aromatic heterocycles. The van der Waals surface area contributed by atoms with Crippen LogP contribution >= 0.6 is 11.8 Å². The van der Waals surface area contributed by atoms with Crippen LogP contribution < -0.4 is 5.32 Å². The number of urea groups is 1. The maximum Gasteiger partial charge on any atom is 0.327 e. The first-order valence-corrected chi connectivity index (χ1v) is 5.71. The summed E-state index contributed by atoms with van der Waals surface area (Å²) >= 11 is 1.48. The van der Waals surface area contributed by atoms with E-state index in [1.807, 2.05) is 0 Å². The first-order valence-electron chi connectivity index (χ1n) is 4.56. The molecule has 0 aromatic carbocycles. The summed E-state index contributed by atoms with van der Waals surface area (Å²) in [5.41, 5.74) is 0. The lowest BCUT2D eigenvalue weighted by atomic mass is 10.3. The normalized spacial score (nSPS) is 26.3. The van der Waals surface area contributed by atoms with Gasteiger partial charge in [0.15, 0.2) is 0 Å². The van der Waals surface area contributed by atoms with Gasteiger partial charge in [0, 0.05) is 11.8 Å². The van der Waals surface area contributed by atoms with E-state index in [1.165, 1.54) is 16.7 Å². The number of hydrogen-bond acceptors (Lipinski definition) is 3. The fourth-order valence-corrected chi connectivity index (χ4v) is 2.48. The Morgan fingerprint density at radius 2 is 2.14 bits per heavy atom. The summed E-state index contributed by atoms with van der Waals surface area (Å²) < 4.78 is 0. The lowest BCUT2D eigenvalue weighted by molar-refractivity contribution is -0.140. The Morgan fingerprint density at radius 1 is 1.43 bits per heavy atom. The lowest BCUT2D eigenvalue weighted by Gasteiger charge is -2.20. The molecule has 0 aromatic rings. The van der Waals surface area contributed by atoms with Gasteiger partial charge in [-0.25, -0.2) is 9.59 Å². The smallest absolute Gasteiger partial charge is 0.327 e. The average molecular weight is 216 g/mol. The molecule has 2 fully saturated rings. The zero-order chi connectivity index (χ0) is 10.1. The number of carbonyl (C=O) groups excluding carboxylic acids is 1. The van der Waals surface area contributed by atoms with Crippen molar-refractivity contribution in [3.63, 3.8) is 0 Å². The Hall–Kier alpha value is -0.910. The van der Waals surface area contributed by atoms with Crippen molar-refractivity contribution < 1.29 is 14.7 Å². The van der Waals surface area contributed by atoms with Crippen molar-refractivity contribution in [3.8, 4) is 0 Å². The molecule has 0 spiro atoms. The molecular weight excluding hydrogens is 204 g/mol. The molecule has 6 heteroatoms. The zero-order valence-electron chi connectivity index (χ0n) is 7.60. The highest BCUT2D eigenvalue weighted by atomic mass is 32.2. The lowest BCUT2D eigenvalue weighted by Crippen LogP contribution is -2.47. The molecule has 1 saturated carbocycles. The van der Waals surface area contributed by atoms with E-state index in [0.29, 0.717) is 11.6 Å². The molecule has 1 atom stereocenters. The molecule has 5 nitrogen and oxygen atoms in total. The second-order valence-electron chi connectivity index (χ2n) is 3.55. The monoisotopic (exact) mass is 216 g/mol. The maximum atomic E-state index is 11.5. The summed E-state index contributed by atoms with van der Waals surface area (Å²) in [6.45, 7) is 0. The molecule has 1 saturated heterocycles. The molecule has 1 aliphatic carbocycles. The van der Waals surface area contributed by atoms with E-state index in [1.54, 1.807) is 0 Å². The second-order valence-corrected chi connectivity index (χ2v) is 4.55. The number of hydrogen-bond donors (Lipinski definition) is 2. The first-order chi connectivity index (χ1) is 6.68. The van der Waals surface area contributed by atoms with E-state index in [0.717, 1.165) is 12.8 Å². The molecular formula is C8H12N2O3S. The summed E-state index contributed by atoms with van der Waals surface area (Å²) in [6.07, 6.45) is 2.04. The molecule has 0 radical (unpaired) electrons. The number of nitrogens with zero attached hydrogens (tertiary/aromatic N) is 1. The second kappa shape index (κ2) is 3.68. The summed E-state index contributed by atoms with van der Waals surface area (Å²) in [5, 5.41) is 11.6. The minimum absolute atomic E-state index is 0.232. The zero-order valence-corrected chi connectivity index (χ0v) is 8.42. The number of aliphatic carboxylic acids is 1. The third kappa shape index (κ3) is 1.95. The van der Waals surface area contributed by atoms with Crippen LogP contribution in [0.2, 0.25) is 0 Å². The molecule has 1 heterocycles. The van der Waals surface area contributed by atoms with E-state index >= 15 is 0 Å². The van der Waals surface area contributed by atoms with Gasteiger partial charge in [-0.3, -0.25) is 0 Å². The van der Waals surface area contributed by atoms with Gasteiger partial charge in [0.2, 0.25) is 0 Å². The SMILES string of the molecule is O=C(O)[C@H]1CSCN1C(=O)NC1CC1. The van der Waals surface area contributed by atoms with Crippen LogP contribution in [0.25, 0.3) is 0 Å². The Morgan fingerprint density at radius 3 is 2.71 bits per heavy atom. The maximum absolute atomic E-state index is 11.5. The largest absolute Gasteiger partial charge is 0.480 e. The number of amides is 2. The first kappa shape index (κ1) is 9.64. The average Bonchev–Trinajstić information content (AvgIpc) is 2.81. The number of thioether (sulfide) groups is 1. The van der Waals surface area contributed by atoms with Crippen LogP contribution in [-0.2, 0) is 4.79 Å². The topological polar surface area (TPSA) is 69.6 Å². The van der Waals surface area contributed by atoms with Gasteiger partial charge in [0.05, 0.1) is 5.88 Å². The Bertz CT molecular complexity index is 267. The van der Waals surface area contributed by atoms with Crippen molar-refractivity contribution in [3.05, 3.63) is 0 Å². The highest BCUT2D eigenvalue weighted by Crippen LogP contribution is 2.23. The standard InChI is InChI=1S/C8H12N2O3S/c11-7(12)6-3-14-4-10(6)8(13)9-5-1-2-5/h5-6H,1-4H2,(H,9,13)(H,11,12)/t6-/m1/s1. The van der Waals surface area contributed by atoms with Gasteiger partial charge in [0.1, 0.15) is 6.04 Å². The molecule has 0 unspecified atom stereocenters. The van der Waals surface area contributed by atoms with Crippen LogP contribution in [0, 0.1) is 0 Å². The summed E-state index contributed by atoms with van der Waals surface area (Å²) in [4.78, 5) is 23.7. The van der Waals surface area contributed by atoms with Gasteiger partial charge >= 0.3 is 12.0 Å². The van der Waals surface area contributed by atoms with Gasteiger partial charge in [-0.15, -0.1) is 11.8 Å². The van der Waals surface area contributed by atoms with Crippen LogP contribution in [0.3, 0.4) is 0 Å². The highest BCUT2D eigenvalue weighted by molar-refractivity contribution is 7.99. The molecule has 14 heavy (non-hydrogen) atoms. The summed E-state index contributed by atoms with van der Waals surface area (Å²) in [5.74, 6) is 0.0593. The molecule has 2 amide bonds. The van der Waals surface area contributed by atoms with Crippen molar-refractivity contribution in [2.45, 2.75) is 24.9 Å². The van der Waals surface area contributed by atoms with Crippen LogP contribution in [0.4, 0.5) is 4.79 Å². The number of nitrogens with one attached hydrogen (secondary N) is 1. The van der Waals surface area contributed by atoms with Crippen LogP contribution in [0.15, 0.2) is 0 Å². The molecule has 0 bridgehead atoms. The predicted molar refractivity (Wildman–Crippen MR) is 52.1 cm³/mol. The molecule has 2 rings (SSSR count). The van der Waals surface area contributed by atoms with Crippen LogP contribution in [0.1, 0.15) is 12.8 Å². The third-order valence-electron chi connectivity index (χ3n) is 2.33. The number of rotatable bonds is 2. The number of carboxylic acid groups (broad SMARTS) is 1. The highest BCUT2D eigenvalue weighted by Gasteiger charge is 2.36. The predicted octanol–water partition coefficient (Wildman–Crippen LogP) is 0.318. The van der Waals surface area contributed by atoms with Crippen molar-refractivity contribution in [1.82, 2.24) is 10.2 Å². The van der Waals surface area contributed by atoms with Crippen molar-refractivity contribution >= 4 is 23.8 Å². The van der Waals surface area contributed by atoms with Gasteiger partial charge in [-0.2, -0.15) is 0 Å². The molecule has 78 valence electrons. The number of carboxylic acids is 1. The van der Waals surface area contributed by atoms with Gasteiger partial charge in [-0.1, -0.05) is 0 Å². The molecule has 2 aliphatic rings. The Labute approximate surface area is 85.8 Å².